The van der Waals surface area contributed by atoms with Gasteiger partial charge in [0.25, 0.3) is 0 Å². The minimum atomic E-state index is -0.108. The van der Waals surface area contributed by atoms with E-state index < -0.39 is 0 Å². The highest BCUT2D eigenvalue weighted by molar-refractivity contribution is 5.66. The van der Waals surface area contributed by atoms with Crippen LogP contribution in [-0.2, 0) is 5.41 Å². The van der Waals surface area contributed by atoms with Gasteiger partial charge in [-0.15, -0.1) is 0 Å². The number of anilines is 1. The molecule has 1 heterocycles. The fourth-order valence-corrected chi connectivity index (χ4v) is 2.04. The van der Waals surface area contributed by atoms with Crippen LogP contribution in [0.3, 0.4) is 0 Å². The van der Waals surface area contributed by atoms with E-state index in [2.05, 4.69) is 62.8 Å². The Balaban J connectivity index is 2.59. The molecule has 0 aliphatic rings. The zero-order chi connectivity index (χ0) is 14.2. The van der Waals surface area contributed by atoms with Crippen LogP contribution in [0.4, 0.5) is 5.82 Å². The number of aryl methyl sites for hydroxylation is 2. The van der Waals surface area contributed by atoms with Crippen LogP contribution in [0.15, 0.2) is 24.3 Å². The molecule has 0 fully saturated rings. The average Bonchev–Trinajstić information content (AvgIpc) is 2.26. The van der Waals surface area contributed by atoms with Crippen molar-refractivity contribution in [3.8, 4) is 11.3 Å². The van der Waals surface area contributed by atoms with Gasteiger partial charge in [-0.2, -0.15) is 0 Å². The van der Waals surface area contributed by atoms with Gasteiger partial charge in [0.15, 0.2) is 0 Å². The molecule has 0 radical (unpaired) electrons. The molecule has 19 heavy (non-hydrogen) atoms. The van der Waals surface area contributed by atoms with Gasteiger partial charge in [0, 0.05) is 17.0 Å². The van der Waals surface area contributed by atoms with Crippen LogP contribution in [0.5, 0.6) is 0 Å². The van der Waals surface area contributed by atoms with Gasteiger partial charge in [0.2, 0.25) is 0 Å². The minimum absolute atomic E-state index is 0.108. The number of hydrogen-bond acceptors (Lipinski definition) is 3. The van der Waals surface area contributed by atoms with Crippen LogP contribution < -0.4 is 5.73 Å². The molecule has 2 rings (SSSR count). The van der Waals surface area contributed by atoms with Crippen molar-refractivity contribution in [3.63, 3.8) is 0 Å². The summed E-state index contributed by atoms with van der Waals surface area (Å²) in [5.74, 6) is 1.30. The van der Waals surface area contributed by atoms with E-state index in [1.165, 1.54) is 11.1 Å². The Hall–Kier alpha value is -1.90. The van der Waals surface area contributed by atoms with Crippen LogP contribution in [0.2, 0.25) is 0 Å². The maximum atomic E-state index is 5.92. The molecule has 0 spiro atoms. The van der Waals surface area contributed by atoms with E-state index in [9.17, 15) is 0 Å². The highest BCUT2D eigenvalue weighted by atomic mass is 15.0. The number of nitrogens with two attached hydrogens (primary N) is 1. The molecule has 2 aromatic rings. The van der Waals surface area contributed by atoms with Crippen molar-refractivity contribution in [2.24, 2.45) is 0 Å². The van der Waals surface area contributed by atoms with Gasteiger partial charge in [-0.05, 0) is 19.4 Å². The first-order valence-corrected chi connectivity index (χ1v) is 6.50. The highest BCUT2D eigenvalue weighted by Crippen LogP contribution is 2.27. The Bertz CT molecular complexity index is 610. The first-order chi connectivity index (χ1) is 8.77. The molecule has 2 N–H and O–H groups in total. The summed E-state index contributed by atoms with van der Waals surface area (Å²) >= 11 is 0. The van der Waals surface area contributed by atoms with E-state index in [4.69, 9.17) is 5.73 Å². The molecular weight excluding hydrogens is 234 g/mol. The highest BCUT2D eigenvalue weighted by Gasteiger charge is 2.19. The van der Waals surface area contributed by atoms with Gasteiger partial charge >= 0.3 is 0 Å². The maximum Gasteiger partial charge on any atom is 0.136 e. The quantitative estimate of drug-likeness (QED) is 0.846. The molecule has 1 aromatic carbocycles. The van der Waals surface area contributed by atoms with Gasteiger partial charge in [-0.25, -0.2) is 9.97 Å². The fraction of sp³-hybridized carbons (Fsp3) is 0.375. The molecule has 0 atom stereocenters. The second kappa shape index (κ2) is 4.65. The molecule has 0 aliphatic carbocycles. The smallest absolute Gasteiger partial charge is 0.136 e. The summed E-state index contributed by atoms with van der Waals surface area (Å²) in [5.41, 5.74) is 10.3. The average molecular weight is 255 g/mol. The van der Waals surface area contributed by atoms with Crippen molar-refractivity contribution < 1.29 is 0 Å². The van der Waals surface area contributed by atoms with Gasteiger partial charge in [-0.1, -0.05) is 44.5 Å². The summed E-state index contributed by atoms with van der Waals surface area (Å²) in [7, 11) is 0. The molecule has 1 aromatic heterocycles. The molecule has 0 saturated heterocycles. The second-order valence-corrected chi connectivity index (χ2v) is 6.07. The topological polar surface area (TPSA) is 51.8 Å². The van der Waals surface area contributed by atoms with E-state index in [1.54, 1.807) is 0 Å². The number of aromatic nitrogens is 2. The van der Waals surface area contributed by atoms with Crippen molar-refractivity contribution in [2.45, 2.75) is 40.0 Å². The third-order valence-corrected chi connectivity index (χ3v) is 3.07. The van der Waals surface area contributed by atoms with E-state index >= 15 is 0 Å². The molecule has 0 amide bonds. The van der Waals surface area contributed by atoms with E-state index in [0.717, 1.165) is 17.1 Å². The van der Waals surface area contributed by atoms with E-state index in [1.807, 2.05) is 6.07 Å². The van der Waals surface area contributed by atoms with Crippen LogP contribution in [-0.4, -0.2) is 9.97 Å². The summed E-state index contributed by atoms with van der Waals surface area (Å²) in [6, 6.07) is 8.19. The molecule has 100 valence electrons. The van der Waals surface area contributed by atoms with E-state index in [0.29, 0.717) is 5.82 Å². The normalized spacial score (nSPS) is 11.6. The Labute approximate surface area is 114 Å². The molecule has 0 aliphatic heterocycles. The largest absolute Gasteiger partial charge is 0.384 e. The second-order valence-electron chi connectivity index (χ2n) is 6.07. The number of rotatable bonds is 1. The monoisotopic (exact) mass is 255 g/mol. The summed E-state index contributed by atoms with van der Waals surface area (Å²) in [6.45, 7) is 10.5. The van der Waals surface area contributed by atoms with Crippen LogP contribution >= 0.6 is 0 Å². The maximum absolute atomic E-state index is 5.92. The number of benzene rings is 1. The van der Waals surface area contributed by atoms with Crippen LogP contribution in [0, 0.1) is 13.8 Å². The SMILES string of the molecule is Cc1ccc(-c2cc(N)nc(C(C)(C)C)n2)c(C)c1. The summed E-state index contributed by atoms with van der Waals surface area (Å²) in [4.78, 5) is 9.02. The lowest BCUT2D eigenvalue weighted by Crippen LogP contribution is -2.17. The molecule has 0 saturated carbocycles. The van der Waals surface area contributed by atoms with Gasteiger partial charge in [0.05, 0.1) is 5.69 Å². The minimum Gasteiger partial charge on any atom is -0.384 e. The first kappa shape index (κ1) is 13.5. The Morgan fingerprint density at radius 1 is 1.00 bits per heavy atom. The standard InChI is InChI=1S/C16H21N3/c1-10-6-7-12(11(2)8-10)13-9-14(17)19-15(18-13)16(3,4)5/h6-9H,1-5H3,(H2,17,18,19). The Morgan fingerprint density at radius 2 is 1.68 bits per heavy atom. The predicted octanol–water partition coefficient (Wildman–Crippen LogP) is 3.64. The molecular formula is C16H21N3. The van der Waals surface area contributed by atoms with Crippen molar-refractivity contribution in [1.82, 2.24) is 9.97 Å². The van der Waals surface area contributed by atoms with Crippen molar-refractivity contribution >= 4 is 5.82 Å². The van der Waals surface area contributed by atoms with Crippen molar-refractivity contribution in [1.29, 1.82) is 0 Å². The third-order valence-electron chi connectivity index (χ3n) is 3.07. The fourth-order valence-electron chi connectivity index (χ4n) is 2.04. The lowest BCUT2D eigenvalue weighted by molar-refractivity contribution is 0.547. The summed E-state index contributed by atoms with van der Waals surface area (Å²) in [6.07, 6.45) is 0. The first-order valence-electron chi connectivity index (χ1n) is 6.50. The van der Waals surface area contributed by atoms with Crippen molar-refractivity contribution in [3.05, 3.63) is 41.2 Å². The Morgan fingerprint density at radius 3 is 2.26 bits per heavy atom. The Kier molecular flexibility index (Phi) is 3.31. The van der Waals surface area contributed by atoms with Crippen LogP contribution in [0.1, 0.15) is 37.7 Å². The van der Waals surface area contributed by atoms with Gasteiger partial charge in [-0.3, -0.25) is 0 Å². The van der Waals surface area contributed by atoms with Gasteiger partial charge in [0.1, 0.15) is 11.6 Å². The zero-order valence-electron chi connectivity index (χ0n) is 12.3. The molecule has 0 unspecified atom stereocenters. The third kappa shape index (κ3) is 2.92. The molecule has 3 heteroatoms. The van der Waals surface area contributed by atoms with Crippen LogP contribution in [0.25, 0.3) is 11.3 Å². The zero-order valence-corrected chi connectivity index (χ0v) is 12.3. The lowest BCUT2D eigenvalue weighted by Gasteiger charge is -2.18. The predicted molar refractivity (Wildman–Crippen MR) is 80.1 cm³/mol. The van der Waals surface area contributed by atoms with Gasteiger partial charge < -0.3 is 5.73 Å². The summed E-state index contributed by atoms with van der Waals surface area (Å²) in [5, 5.41) is 0. The number of nitrogens with zero attached hydrogens (tertiary/aromatic N) is 2. The molecule has 3 nitrogen and oxygen atoms in total. The molecule has 0 bridgehead atoms. The lowest BCUT2D eigenvalue weighted by atomic mass is 9.95. The number of nitrogen functional groups attached to an aromatic ring is 1. The summed E-state index contributed by atoms with van der Waals surface area (Å²) < 4.78 is 0. The van der Waals surface area contributed by atoms with Crippen molar-refractivity contribution in [2.75, 3.05) is 5.73 Å². The number of hydrogen-bond donors (Lipinski definition) is 1. The van der Waals surface area contributed by atoms with E-state index in [-0.39, 0.29) is 5.41 Å².